The van der Waals surface area contributed by atoms with Crippen LogP contribution in [0.3, 0.4) is 0 Å². The van der Waals surface area contributed by atoms with Gasteiger partial charge in [0.1, 0.15) is 11.6 Å². The van der Waals surface area contributed by atoms with E-state index < -0.39 is 11.6 Å². The first-order valence-corrected chi connectivity index (χ1v) is 10.8. The Hall–Kier alpha value is -1.04. The van der Waals surface area contributed by atoms with Crippen LogP contribution >= 0.6 is 0 Å². The zero-order chi connectivity index (χ0) is 19.9. The number of benzene rings is 1. The van der Waals surface area contributed by atoms with Crippen molar-refractivity contribution in [3.8, 4) is 0 Å². The average molecular weight is 397 g/mol. The lowest BCUT2D eigenvalue weighted by Gasteiger charge is -2.37. The molecule has 3 rings (SSSR count). The Morgan fingerprint density at radius 2 is 1.64 bits per heavy atom. The number of hydrogen-bond donors (Lipinski definition) is 0. The summed E-state index contributed by atoms with van der Waals surface area (Å²) in [6.07, 6.45) is 8.61. The minimum absolute atomic E-state index is 0.0115. The van der Waals surface area contributed by atoms with E-state index in [2.05, 4.69) is 6.92 Å². The third kappa shape index (κ3) is 5.52. The van der Waals surface area contributed by atoms with Gasteiger partial charge in [0, 0.05) is 24.5 Å². The number of halogens is 2. The molecule has 3 nitrogen and oxygen atoms in total. The first-order chi connectivity index (χ1) is 13.6. The van der Waals surface area contributed by atoms with Gasteiger partial charge in [0.15, 0.2) is 6.29 Å². The Labute approximate surface area is 167 Å². The lowest BCUT2D eigenvalue weighted by molar-refractivity contribution is -0.229. The van der Waals surface area contributed by atoms with E-state index in [0.29, 0.717) is 11.8 Å². The standard InChI is InChI=1S/C23H34F2O3/c1-3-4-5-6-16-13-27-23(28-14-16)18-9-7-17(8-10-18)19-11-21(24)20(15-26-2)22(25)12-19/h11-12,16-18,23H,3-10,13-15H2,1-2H3/t16-,17?,18?,23-. The van der Waals surface area contributed by atoms with E-state index in [-0.39, 0.29) is 24.4 Å². The molecule has 2 fully saturated rings. The number of hydrogen-bond acceptors (Lipinski definition) is 3. The summed E-state index contributed by atoms with van der Waals surface area (Å²) >= 11 is 0. The van der Waals surface area contributed by atoms with Crippen LogP contribution in [0.5, 0.6) is 0 Å². The summed E-state index contributed by atoms with van der Waals surface area (Å²) in [6, 6.07) is 2.97. The highest BCUT2D eigenvalue weighted by Crippen LogP contribution is 2.39. The molecular formula is C23H34F2O3. The molecule has 0 amide bonds. The SMILES string of the molecule is CCCCC[C@H]1CO[C@H](C2CCC(c3cc(F)c(COC)c(F)c3)CC2)OC1. The van der Waals surface area contributed by atoms with Gasteiger partial charge in [-0.15, -0.1) is 0 Å². The van der Waals surface area contributed by atoms with Crippen molar-refractivity contribution in [1.29, 1.82) is 0 Å². The van der Waals surface area contributed by atoms with Crippen molar-refractivity contribution in [2.75, 3.05) is 20.3 Å². The van der Waals surface area contributed by atoms with Gasteiger partial charge in [-0.2, -0.15) is 0 Å². The zero-order valence-electron chi connectivity index (χ0n) is 17.2. The summed E-state index contributed by atoms with van der Waals surface area (Å²) in [4.78, 5) is 0. The van der Waals surface area contributed by atoms with Gasteiger partial charge in [0.05, 0.1) is 19.8 Å². The molecule has 2 aliphatic rings. The van der Waals surface area contributed by atoms with Crippen molar-refractivity contribution in [2.24, 2.45) is 11.8 Å². The molecule has 1 heterocycles. The van der Waals surface area contributed by atoms with Crippen LogP contribution in [0.15, 0.2) is 12.1 Å². The summed E-state index contributed by atoms with van der Waals surface area (Å²) < 4.78 is 45.4. The van der Waals surface area contributed by atoms with Crippen molar-refractivity contribution >= 4 is 0 Å². The fourth-order valence-corrected chi connectivity index (χ4v) is 4.55. The summed E-state index contributed by atoms with van der Waals surface area (Å²) in [6.45, 7) is 3.77. The summed E-state index contributed by atoms with van der Waals surface area (Å²) in [5.74, 6) is 0.0901. The second-order valence-corrected chi connectivity index (χ2v) is 8.40. The first-order valence-electron chi connectivity index (χ1n) is 10.8. The molecule has 0 bridgehead atoms. The van der Waals surface area contributed by atoms with Crippen LogP contribution in [0.4, 0.5) is 8.78 Å². The van der Waals surface area contributed by atoms with Crippen LogP contribution < -0.4 is 0 Å². The molecular weight excluding hydrogens is 362 g/mol. The Bertz CT molecular complexity index is 583. The molecule has 0 aromatic heterocycles. The van der Waals surface area contributed by atoms with E-state index in [0.717, 1.165) is 44.5 Å². The predicted molar refractivity (Wildman–Crippen MR) is 105 cm³/mol. The molecule has 0 atom stereocenters. The molecule has 1 saturated carbocycles. The Morgan fingerprint density at radius 1 is 1.00 bits per heavy atom. The molecule has 28 heavy (non-hydrogen) atoms. The van der Waals surface area contributed by atoms with Crippen LogP contribution in [-0.4, -0.2) is 26.6 Å². The quantitative estimate of drug-likeness (QED) is 0.508. The maximum Gasteiger partial charge on any atom is 0.160 e. The molecule has 1 aromatic carbocycles. The van der Waals surface area contributed by atoms with Gasteiger partial charge in [-0.05, 0) is 55.7 Å². The van der Waals surface area contributed by atoms with Gasteiger partial charge in [-0.25, -0.2) is 8.78 Å². The van der Waals surface area contributed by atoms with Crippen LogP contribution in [0, 0.1) is 23.5 Å². The lowest BCUT2D eigenvalue weighted by Crippen LogP contribution is -2.38. The van der Waals surface area contributed by atoms with Crippen molar-refractivity contribution in [1.82, 2.24) is 0 Å². The zero-order valence-corrected chi connectivity index (χ0v) is 17.2. The molecule has 158 valence electrons. The van der Waals surface area contributed by atoms with Crippen LogP contribution in [0.1, 0.15) is 75.3 Å². The maximum atomic E-state index is 14.2. The molecule has 0 N–H and O–H groups in total. The van der Waals surface area contributed by atoms with Gasteiger partial charge >= 0.3 is 0 Å². The van der Waals surface area contributed by atoms with Crippen LogP contribution in [0.2, 0.25) is 0 Å². The average Bonchev–Trinajstić information content (AvgIpc) is 2.71. The minimum atomic E-state index is -0.507. The topological polar surface area (TPSA) is 27.7 Å². The Balaban J connectivity index is 1.47. The number of unbranched alkanes of at least 4 members (excludes halogenated alkanes) is 2. The molecule has 0 unspecified atom stereocenters. The smallest absolute Gasteiger partial charge is 0.160 e. The maximum absolute atomic E-state index is 14.2. The van der Waals surface area contributed by atoms with E-state index in [9.17, 15) is 8.78 Å². The minimum Gasteiger partial charge on any atom is -0.380 e. The van der Waals surface area contributed by atoms with Crippen molar-refractivity contribution < 1.29 is 23.0 Å². The highest BCUT2D eigenvalue weighted by atomic mass is 19.1. The van der Waals surface area contributed by atoms with Crippen LogP contribution in [-0.2, 0) is 20.8 Å². The second-order valence-electron chi connectivity index (χ2n) is 8.40. The summed E-state index contributed by atoms with van der Waals surface area (Å²) in [5, 5.41) is 0. The van der Waals surface area contributed by atoms with E-state index in [1.54, 1.807) is 0 Å². The highest BCUT2D eigenvalue weighted by Gasteiger charge is 2.33. The van der Waals surface area contributed by atoms with Crippen LogP contribution in [0.25, 0.3) is 0 Å². The monoisotopic (exact) mass is 396 g/mol. The summed E-state index contributed by atoms with van der Waals surface area (Å²) in [5.41, 5.74) is 0.771. The number of ether oxygens (including phenoxy) is 3. The van der Waals surface area contributed by atoms with Gasteiger partial charge < -0.3 is 14.2 Å². The predicted octanol–water partition coefficient (Wildman–Crippen LogP) is 5.95. The summed E-state index contributed by atoms with van der Waals surface area (Å²) in [7, 11) is 1.44. The molecule has 0 radical (unpaired) electrons. The van der Waals surface area contributed by atoms with Gasteiger partial charge in [0.2, 0.25) is 0 Å². The Kier molecular flexibility index (Phi) is 8.24. The first kappa shape index (κ1) is 21.7. The number of rotatable bonds is 8. The molecule has 1 saturated heterocycles. The molecule has 1 aromatic rings. The lowest BCUT2D eigenvalue weighted by atomic mass is 9.78. The normalized spacial score (nSPS) is 28.4. The fourth-order valence-electron chi connectivity index (χ4n) is 4.55. The third-order valence-electron chi connectivity index (χ3n) is 6.29. The molecule has 0 spiro atoms. The van der Waals surface area contributed by atoms with E-state index in [4.69, 9.17) is 14.2 Å². The highest BCUT2D eigenvalue weighted by molar-refractivity contribution is 5.28. The second kappa shape index (κ2) is 10.7. The molecule has 1 aliphatic heterocycles. The van der Waals surface area contributed by atoms with E-state index in [1.165, 1.54) is 44.9 Å². The van der Waals surface area contributed by atoms with Crippen molar-refractivity contribution in [2.45, 2.75) is 77.1 Å². The van der Waals surface area contributed by atoms with E-state index in [1.807, 2.05) is 0 Å². The largest absolute Gasteiger partial charge is 0.380 e. The molecule has 1 aliphatic carbocycles. The van der Waals surface area contributed by atoms with Crippen molar-refractivity contribution in [3.63, 3.8) is 0 Å². The fraction of sp³-hybridized carbons (Fsp3) is 0.739. The van der Waals surface area contributed by atoms with Gasteiger partial charge in [0.25, 0.3) is 0 Å². The van der Waals surface area contributed by atoms with E-state index >= 15 is 0 Å². The van der Waals surface area contributed by atoms with Gasteiger partial charge in [-0.3, -0.25) is 0 Å². The number of methoxy groups -OCH3 is 1. The van der Waals surface area contributed by atoms with Gasteiger partial charge in [-0.1, -0.05) is 26.2 Å². The molecule has 5 heteroatoms. The Morgan fingerprint density at radius 3 is 2.21 bits per heavy atom. The van der Waals surface area contributed by atoms with Crippen molar-refractivity contribution in [3.05, 3.63) is 34.9 Å². The third-order valence-corrected chi connectivity index (χ3v) is 6.29.